The molecule has 0 aliphatic carbocycles. The smallest absolute Gasteiger partial charge is 0.320 e. The molecule has 0 aromatic rings. The number of nitrogens with zero attached hydrogens (tertiary/aromatic N) is 2. The third-order valence-electron chi connectivity index (χ3n) is 1.61. The van der Waals surface area contributed by atoms with Crippen LogP contribution in [0.25, 0.3) is 0 Å². The number of rotatable bonds is 3. The number of aliphatic imine (C=N–C) groups is 2. The van der Waals surface area contributed by atoms with Gasteiger partial charge in [-0.25, -0.2) is 9.98 Å². The summed E-state index contributed by atoms with van der Waals surface area (Å²) in [5.41, 5.74) is 5.94. The van der Waals surface area contributed by atoms with Crippen molar-refractivity contribution < 1.29 is 9.90 Å². The molecule has 0 fully saturated rings. The second-order valence-electron chi connectivity index (χ2n) is 2.66. The van der Waals surface area contributed by atoms with E-state index in [-0.39, 0.29) is 6.42 Å². The Kier molecular flexibility index (Phi) is 2.92. The van der Waals surface area contributed by atoms with Gasteiger partial charge in [0.05, 0.1) is 11.9 Å². The van der Waals surface area contributed by atoms with Gasteiger partial charge < -0.3 is 10.8 Å². The molecule has 5 nitrogen and oxygen atoms in total. The van der Waals surface area contributed by atoms with Gasteiger partial charge in [0.25, 0.3) is 0 Å². The quantitative estimate of drug-likeness (QED) is 0.650. The van der Waals surface area contributed by atoms with Crippen LogP contribution in [0, 0.1) is 0 Å². The number of allylic oxidation sites excluding steroid dienone is 1. The molecule has 0 spiro atoms. The molecular weight excluding hydrogens is 170 g/mol. The lowest BCUT2D eigenvalue weighted by molar-refractivity contribution is -0.138. The van der Waals surface area contributed by atoms with Crippen molar-refractivity contribution >= 4 is 17.9 Å². The predicted octanol–water partition coefficient (Wildman–Crippen LogP) is 0.175. The van der Waals surface area contributed by atoms with Crippen LogP contribution in [-0.2, 0) is 4.79 Å². The maximum absolute atomic E-state index is 10.4. The molecule has 1 heterocycles. The molecule has 1 aliphatic rings. The third-order valence-corrected chi connectivity index (χ3v) is 1.61. The zero-order chi connectivity index (χ0) is 9.84. The van der Waals surface area contributed by atoms with Crippen molar-refractivity contribution in [3.8, 4) is 0 Å². The van der Waals surface area contributed by atoms with Crippen LogP contribution in [0.5, 0.6) is 0 Å². The van der Waals surface area contributed by atoms with E-state index in [1.807, 2.05) is 6.92 Å². The summed E-state index contributed by atoms with van der Waals surface area (Å²) in [5, 5.41) is 8.53. The molecule has 0 unspecified atom stereocenters. The van der Waals surface area contributed by atoms with Gasteiger partial charge in [-0.2, -0.15) is 0 Å². The summed E-state index contributed by atoms with van der Waals surface area (Å²) in [6, 6.07) is -0.901. The Balaban J connectivity index is 2.58. The SMILES string of the molecule is C/C=C1/N=CC(C[C@H](N)C(=O)O)=N1. The van der Waals surface area contributed by atoms with Gasteiger partial charge in [0, 0.05) is 6.42 Å². The molecule has 1 atom stereocenters. The molecule has 70 valence electrons. The van der Waals surface area contributed by atoms with E-state index in [0.717, 1.165) is 0 Å². The average Bonchev–Trinajstić information content (AvgIpc) is 2.52. The van der Waals surface area contributed by atoms with Crippen LogP contribution in [-0.4, -0.2) is 29.0 Å². The lowest BCUT2D eigenvalue weighted by Gasteiger charge is -2.02. The lowest BCUT2D eigenvalue weighted by atomic mass is 10.1. The summed E-state index contributed by atoms with van der Waals surface area (Å²) in [5.74, 6) is -0.419. The Morgan fingerprint density at radius 2 is 2.54 bits per heavy atom. The summed E-state index contributed by atoms with van der Waals surface area (Å²) >= 11 is 0. The van der Waals surface area contributed by atoms with E-state index >= 15 is 0 Å². The number of hydrogen-bond donors (Lipinski definition) is 2. The molecule has 0 amide bonds. The van der Waals surface area contributed by atoms with E-state index in [2.05, 4.69) is 9.98 Å². The van der Waals surface area contributed by atoms with Crippen LogP contribution in [0.1, 0.15) is 13.3 Å². The molecule has 1 aliphatic heterocycles. The lowest BCUT2D eigenvalue weighted by Crippen LogP contribution is -2.32. The fourth-order valence-corrected chi connectivity index (χ4v) is 0.896. The monoisotopic (exact) mass is 181 g/mol. The summed E-state index contributed by atoms with van der Waals surface area (Å²) in [7, 11) is 0. The maximum atomic E-state index is 10.4. The molecule has 0 saturated heterocycles. The van der Waals surface area contributed by atoms with Gasteiger partial charge in [-0.3, -0.25) is 4.79 Å². The van der Waals surface area contributed by atoms with E-state index in [0.29, 0.717) is 11.5 Å². The number of carboxylic acid groups (broad SMARTS) is 1. The summed E-state index contributed by atoms with van der Waals surface area (Å²) in [6.45, 7) is 1.82. The number of carbonyl (C=O) groups is 1. The van der Waals surface area contributed by atoms with Gasteiger partial charge in [0.2, 0.25) is 0 Å². The van der Waals surface area contributed by atoms with Crippen LogP contribution in [0.15, 0.2) is 21.9 Å². The summed E-state index contributed by atoms with van der Waals surface area (Å²) < 4.78 is 0. The Hall–Kier alpha value is -1.49. The minimum absolute atomic E-state index is 0.218. The summed E-state index contributed by atoms with van der Waals surface area (Å²) in [6.07, 6.45) is 3.50. The first kappa shape index (κ1) is 9.60. The first-order valence-electron chi connectivity index (χ1n) is 3.90. The van der Waals surface area contributed by atoms with Crippen molar-refractivity contribution in [2.75, 3.05) is 0 Å². The fraction of sp³-hybridized carbons (Fsp3) is 0.375. The first-order valence-corrected chi connectivity index (χ1v) is 3.90. The minimum atomic E-state index is -1.02. The van der Waals surface area contributed by atoms with E-state index in [9.17, 15) is 4.79 Å². The van der Waals surface area contributed by atoms with Crippen LogP contribution in [0.4, 0.5) is 0 Å². The van der Waals surface area contributed by atoms with Gasteiger partial charge in [-0.1, -0.05) is 0 Å². The number of carboxylic acids is 1. The van der Waals surface area contributed by atoms with Crippen LogP contribution >= 0.6 is 0 Å². The molecule has 0 bridgehead atoms. The third kappa shape index (κ3) is 2.48. The van der Waals surface area contributed by atoms with Crippen molar-refractivity contribution in [2.24, 2.45) is 15.7 Å². The van der Waals surface area contributed by atoms with Gasteiger partial charge in [0.15, 0.2) is 0 Å². The Labute approximate surface area is 75.7 Å². The van der Waals surface area contributed by atoms with Crippen molar-refractivity contribution in [3.05, 3.63) is 11.9 Å². The van der Waals surface area contributed by atoms with Crippen molar-refractivity contribution in [1.29, 1.82) is 0 Å². The van der Waals surface area contributed by atoms with Gasteiger partial charge in [-0.15, -0.1) is 0 Å². The second kappa shape index (κ2) is 3.95. The van der Waals surface area contributed by atoms with E-state index in [1.165, 1.54) is 6.21 Å². The largest absolute Gasteiger partial charge is 0.480 e. The first-order chi connectivity index (χ1) is 6.13. The van der Waals surface area contributed by atoms with E-state index in [4.69, 9.17) is 10.8 Å². The Bertz CT molecular complexity index is 305. The highest BCUT2D eigenvalue weighted by atomic mass is 16.4. The van der Waals surface area contributed by atoms with E-state index < -0.39 is 12.0 Å². The zero-order valence-electron chi connectivity index (χ0n) is 7.27. The van der Waals surface area contributed by atoms with Gasteiger partial charge in [0.1, 0.15) is 11.9 Å². The normalized spacial score (nSPS) is 20.5. The van der Waals surface area contributed by atoms with Gasteiger partial charge in [-0.05, 0) is 13.0 Å². The number of hydrogen-bond acceptors (Lipinski definition) is 4. The predicted molar refractivity (Wildman–Crippen MR) is 49.9 cm³/mol. The second-order valence-corrected chi connectivity index (χ2v) is 2.66. The number of aliphatic carboxylic acids is 1. The number of nitrogens with two attached hydrogens (primary N) is 1. The molecule has 0 aromatic carbocycles. The highest BCUT2D eigenvalue weighted by molar-refractivity contribution is 6.33. The molecule has 0 aromatic heterocycles. The standard InChI is InChI=1S/C8H11N3O2/c1-2-7-10-4-5(11-7)3-6(9)8(12)13/h2,4,6H,3,9H2,1H3,(H,12,13)/b7-2-/t6-/m0/s1. The highest BCUT2D eigenvalue weighted by Crippen LogP contribution is 2.07. The van der Waals surface area contributed by atoms with Crippen LogP contribution < -0.4 is 5.73 Å². The molecule has 3 N–H and O–H groups in total. The Morgan fingerprint density at radius 1 is 1.85 bits per heavy atom. The van der Waals surface area contributed by atoms with Gasteiger partial charge >= 0.3 is 5.97 Å². The maximum Gasteiger partial charge on any atom is 0.320 e. The zero-order valence-corrected chi connectivity index (χ0v) is 7.27. The van der Waals surface area contributed by atoms with Crippen LogP contribution in [0.3, 0.4) is 0 Å². The Morgan fingerprint density at radius 3 is 3.00 bits per heavy atom. The fourth-order valence-electron chi connectivity index (χ4n) is 0.896. The minimum Gasteiger partial charge on any atom is -0.480 e. The molecular formula is C8H11N3O2. The van der Waals surface area contributed by atoms with Crippen molar-refractivity contribution in [1.82, 2.24) is 0 Å². The average molecular weight is 181 g/mol. The topological polar surface area (TPSA) is 88.0 Å². The van der Waals surface area contributed by atoms with Crippen LogP contribution in [0.2, 0.25) is 0 Å². The van der Waals surface area contributed by atoms with Crippen molar-refractivity contribution in [3.63, 3.8) is 0 Å². The van der Waals surface area contributed by atoms with Crippen molar-refractivity contribution in [2.45, 2.75) is 19.4 Å². The molecule has 1 rings (SSSR count). The summed E-state index contributed by atoms with van der Waals surface area (Å²) in [4.78, 5) is 18.4. The highest BCUT2D eigenvalue weighted by Gasteiger charge is 2.15. The molecule has 0 radical (unpaired) electrons. The molecule has 5 heteroatoms. The van der Waals surface area contributed by atoms with E-state index in [1.54, 1.807) is 6.08 Å². The molecule has 0 saturated carbocycles. The molecule has 13 heavy (non-hydrogen) atoms.